The number of hydrogen-bond donors (Lipinski definition) is 1. The SMILES string of the molecule is O=C(Cc1ccc(Cl)cc1F)Nc1cc(Cl)ccc1Cl. The van der Waals surface area contributed by atoms with Crippen molar-refractivity contribution < 1.29 is 9.18 Å². The highest BCUT2D eigenvalue weighted by Gasteiger charge is 2.11. The number of carbonyl (C=O) groups excluding carboxylic acids is 1. The molecular weight excluding hydrogens is 324 g/mol. The third-order valence-electron chi connectivity index (χ3n) is 2.57. The number of anilines is 1. The van der Waals surface area contributed by atoms with E-state index in [9.17, 15) is 9.18 Å². The predicted octanol–water partition coefficient (Wildman–Crippen LogP) is 4.97. The van der Waals surface area contributed by atoms with Crippen LogP contribution in [0, 0.1) is 5.82 Å². The molecule has 0 fully saturated rings. The van der Waals surface area contributed by atoms with E-state index in [0.717, 1.165) is 6.07 Å². The lowest BCUT2D eigenvalue weighted by atomic mass is 10.1. The van der Waals surface area contributed by atoms with Crippen molar-refractivity contribution in [1.82, 2.24) is 0 Å². The summed E-state index contributed by atoms with van der Waals surface area (Å²) >= 11 is 17.4. The van der Waals surface area contributed by atoms with Gasteiger partial charge in [-0.05, 0) is 35.9 Å². The first kappa shape index (κ1) is 15.1. The first-order valence-corrected chi connectivity index (χ1v) is 6.78. The average Bonchev–Trinajstić information content (AvgIpc) is 2.37. The van der Waals surface area contributed by atoms with E-state index in [0.29, 0.717) is 15.7 Å². The van der Waals surface area contributed by atoms with E-state index in [-0.39, 0.29) is 17.0 Å². The van der Waals surface area contributed by atoms with E-state index < -0.39 is 11.7 Å². The van der Waals surface area contributed by atoms with Gasteiger partial charge in [-0.3, -0.25) is 4.79 Å². The van der Waals surface area contributed by atoms with Crippen LogP contribution in [0.2, 0.25) is 15.1 Å². The van der Waals surface area contributed by atoms with Crippen molar-refractivity contribution in [3.63, 3.8) is 0 Å². The first-order valence-electron chi connectivity index (χ1n) is 5.64. The Hall–Kier alpha value is -1.29. The van der Waals surface area contributed by atoms with E-state index in [1.165, 1.54) is 18.2 Å². The van der Waals surface area contributed by atoms with Gasteiger partial charge in [0.05, 0.1) is 17.1 Å². The molecule has 0 aromatic heterocycles. The van der Waals surface area contributed by atoms with Gasteiger partial charge in [-0.1, -0.05) is 40.9 Å². The van der Waals surface area contributed by atoms with E-state index in [1.54, 1.807) is 12.1 Å². The van der Waals surface area contributed by atoms with Crippen LogP contribution in [0.4, 0.5) is 10.1 Å². The van der Waals surface area contributed by atoms with Crippen LogP contribution in [0.15, 0.2) is 36.4 Å². The van der Waals surface area contributed by atoms with Crippen molar-refractivity contribution in [3.8, 4) is 0 Å². The molecular formula is C14H9Cl3FNO. The molecule has 0 saturated carbocycles. The van der Waals surface area contributed by atoms with Gasteiger partial charge in [-0.15, -0.1) is 0 Å². The fraction of sp³-hybridized carbons (Fsp3) is 0.0714. The molecule has 6 heteroatoms. The number of benzene rings is 2. The second-order valence-electron chi connectivity index (χ2n) is 4.08. The van der Waals surface area contributed by atoms with Gasteiger partial charge in [-0.25, -0.2) is 4.39 Å². The van der Waals surface area contributed by atoms with Gasteiger partial charge < -0.3 is 5.32 Å². The Labute approximate surface area is 130 Å². The Balaban J connectivity index is 2.11. The molecule has 0 atom stereocenters. The Kier molecular flexibility index (Phi) is 4.86. The van der Waals surface area contributed by atoms with Crippen molar-refractivity contribution in [2.45, 2.75) is 6.42 Å². The van der Waals surface area contributed by atoms with E-state index in [1.807, 2.05) is 0 Å². The molecule has 1 N–H and O–H groups in total. The summed E-state index contributed by atoms with van der Waals surface area (Å²) in [5.74, 6) is -0.916. The van der Waals surface area contributed by atoms with E-state index in [4.69, 9.17) is 34.8 Å². The third-order valence-corrected chi connectivity index (χ3v) is 3.37. The summed E-state index contributed by atoms with van der Waals surface area (Å²) in [5.41, 5.74) is 0.642. The van der Waals surface area contributed by atoms with Crippen LogP contribution in [-0.2, 0) is 11.2 Å². The fourth-order valence-corrected chi connectivity index (χ4v) is 2.12. The molecule has 0 radical (unpaired) electrons. The lowest BCUT2D eigenvalue weighted by molar-refractivity contribution is -0.115. The molecule has 2 nitrogen and oxygen atoms in total. The Morgan fingerprint density at radius 1 is 1.05 bits per heavy atom. The monoisotopic (exact) mass is 331 g/mol. The molecule has 2 aromatic carbocycles. The molecule has 0 unspecified atom stereocenters. The molecule has 1 amide bonds. The van der Waals surface area contributed by atoms with Crippen molar-refractivity contribution in [3.05, 3.63) is 62.8 Å². The molecule has 20 heavy (non-hydrogen) atoms. The topological polar surface area (TPSA) is 29.1 Å². The van der Waals surface area contributed by atoms with Crippen LogP contribution in [-0.4, -0.2) is 5.91 Å². The molecule has 2 aromatic rings. The van der Waals surface area contributed by atoms with Gasteiger partial charge in [0.2, 0.25) is 5.91 Å². The highest BCUT2D eigenvalue weighted by atomic mass is 35.5. The van der Waals surface area contributed by atoms with E-state index >= 15 is 0 Å². The maximum Gasteiger partial charge on any atom is 0.228 e. The molecule has 0 saturated heterocycles. The second-order valence-corrected chi connectivity index (χ2v) is 5.36. The first-order chi connectivity index (χ1) is 9.45. The van der Waals surface area contributed by atoms with Gasteiger partial charge >= 0.3 is 0 Å². The predicted molar refractivity (Wildman–Crippen MR) is 80.2 cm³/mol. The van der Waals surface area contributed by atoms with Crippen LogP contribution in [0.25, 0.3) is 0 Å². The van der Waals surface area contributed by atoms with Gasteiger partial charge in [-0.2, -0.15) is 0 Å². The summed E-state index contributed by atoms with van der Waals surface area (Å²) in [6.45, 7) is 0. The van der Waals surface area contributed by atoms with Gasteiger partial charge in [0.25, 0.3) is 0 Å². The van der Waals surface area contributed by atoms with E-state index in [2.05, 4.69) is 5.32 Å². The van der Waals surface area contributed by atoms with Crippen molar-refractivity contribution in [1.29, 1.82) is 0 Å². The highest BCUT2D eigenvalue weighted by molar-refractivity contribution is 6.35. The number of halogens is 4. The maximum atomic E-state index is 13.6. The summed E-state index contributed by atoms with van der Waals surface area (Å²) in [7, 11) is 0. The minimum absolute atomic E-state index is 0.119. The van der Waals surface area contributed by atoms with Gasteiger partial charge in [0.1, 0.15) is 5.82 Å². The standard InChI is InChI=1S/C14H9Cl3FNO/c15-9-2-1-8(12(18)6-9)5-14(20)19-13-7-10(16)3-4-11(13)17/h1-4,6-7H,5H2,(H,19,20). The zero-order valence-corrected chi connectivity index (χ0v) is 12.4. The summed E-state index contributed by atoms with van der Waals surface area (Å²) in [4.78, 5) is 11.9. The van der Waals surface area contributed by atoms with Crippen molar-refractivity contribution in [2.24, 2.45) is 0 Å². The number of amides is 1. The summed E-state index contributed by atoms with van der Waals surface area (Å²) in [6, 6.07) is 8.87. The normalized spacial score (nSPS) is 10.4. The van der Waals surface area contributed by atoms with Crippen LogP contribution >= 0.6 is 34.8 Å². The lowest BCUT2D eigenvalue weighted by Gasteiger charge is -2.08. The number of nitrogens with one attached hydrogen (secondary N) is 1. The summed E-state index contributed by atoms with van der Waals surface area (Å²) in [5, 5.41) is 3.68. The third kappa shape index (κ3) is 3.85. The van der Waals surface area contributed by atoms with Crippen LogP contribution in [0.5, 0.6) is 0 Å². The van der Waals surface area contributed by atoms with Crippen LogP contribution < -0.4 is 5.32 Å². The maximum absolute atomic E-state index is 13.6. The number of carbonyl (C=O) groups is 1. The Morgan fingerprint density at radius 3 is 2.40 bits per heavy atom. The molecule has 2 rings (SSSR count). The second kappa shape index (κ2) is 6.44. The molecule has 0 spiro atoms. The molecule has 0 bridgehead atoms. The lowest BCUT2D eigenvalue weighted by Crippen LogP contribution is -2.15. The minimum atomic E-state index is -0.523. The summed E-state index contributed by atoms with van der Waals surface area (Å²) in [6.07, 6.45) is -0.119. The zero-order valence-electron chi connectivity index (χ0n) is 10.1. The Bertz CT molecular complexity index is 661. The van der Waals surface area contributed by atoms with Crippen LogP contribution in [0.3, 0.4) is 0 Å². The summed E-state index contributed by atoms with van der Waals surface area (Å²) < 4.78 is 13.6. The van der Waals surface area contributed by atoms with Crippen molar-refractivity contribution >= 4 is 46.4 Å². The molecule has 0 heterocycles. The van der Waals surface area contributed by atoms with Crippen LogP contribution in [0.1, 0.15) is 5.56 Å². The molecule has 0 aliphatic carbocycles. The van der Waals surface area contributed by atoms with Gasteiger partial charge in [0.15, 0.2) is 0 Å². The quantitative estimate of drug-likeness (QED) is 0.845. The fourth-order valence-electron chi connectivity index (χ4n) is 1.63. The number of rotatable bonds is 3. The molecule has 104 valence electrons. The number of hydrogen-bond acceptors (Lipinski definition) is 1. The minimum Gasteiger partial charge on any atom is -0.324 e. The largest absolute Gasteiger partial charge is 0.324 e. The Morgan fingerprint density at radius 2 is 1.70 bits per heavy atom. The smallest absolute Gasteiger partial charge is 0.228 e. The van der Waals surface area contributed by atoms with Crippen molar-refractivity contribution in [2.75, 3.05) is 5.32 Å². The average molecular weight is 333 g/mol. The highest BCUT2D eigenvalue weighted by Crippen LogP contribution is 2.25. The van der Waals surface area contributed by atoms with Gasteiger partial charge in [0, 0.05) is 10.0 Å². The molecule has 0 aliphatic rings. The molecule has 0 aliphatic heterocycles. The zero-order chi connectivity index (χ0) is 14.7.